The molecular formula is C12H12ClN3O2S2. The Balaban J connectivity index is 1.91. The zero-order valence-electron chi connectivity index (χ0n) is 10.4. The molecule has 20 heavy (non-hydrogen) atoms. The summed E-state index contributed by atoms with van der Waals surface area (Å²) in [5.41, 5.74) is 1.00. The van der Waals surface area contributed by atoms with Gasteiger partial charge in [-0.2, -0.15) is 15.6 Å². The summed E-state index contributed by atoms with van der Waals surface area (Å²) in [6, 6.07) is 2.02. The third-order valence-electron chi connectivity index (χ3n) is 3.08. The number of aromatic nitrogens is 2. The van der Waals surface area contributed by atoms with Crippen molar-refractivity contribution < 1.29 is 8.42 Å². The van der Waals surface area contributed by atoms with Gasteiger partial charge in [-0.1, -0.05) is 0 Å². The quantitative estimate of drug-likeness (QED) is 0.791. The summed E-state index contributed by atoms with van der Waals surface area (Å²) < 4.78 is 26.8. The van der Waals surface area contributed by atoms with Crippen molar-refractivity contribution in [3.05, 3.63) is 40.1 Å². The predicted molar refractivity (Wildman–Crippen MR) is 77.1 cm³/mol. The van der Waals surface area contributed by atoms with Gasteiger partial charge in [-0.25, -0.2) is 18.4 Å². The van der Waals surface area contributed by atoms with Gasteiger partial charge in [-0.3, -0.25) is 0 Å². The van der Waals surface area contributed by atoms with Gasteiger partial charge in [0, 0.05) is 12.6 Å². The van der Waals surface area contributed by atoms with Crippen molar-refractivity contribution in [1.29, 1.82) is 0 Å². The first-order valence-electron chi connectivity index (χ1n) is 6.08. The largest absolute Gasteiger partial charge is 0.246 e. The Hall–Kier alpha value is -1.02. The summed E-state index contributed by atoms with van der Waals surface area (Å²) in [5, 5.41) is 3.95. The molecule has 0 bridgehead atoms. The van der Waals surface area contributed by atoms with Crippen LogP contribution in [0, 0.1) is 0 Å². The van der Waals surface area contributed by atoms with Gasteiger partial charge < -0.3 is 0 Å². The highest BCUT2D eigenvalue weighted by atomic mass is 35.5. The molecule has 1 saturated carbocycles. The molecule has 3 rings (SSSR count). The van der Waals surface area contributed by atoms with Crippen LogP contribution in [0.15, 0.2) is 34.1 Å². The molecule has 0 radical (unpaired) electrons. The van der Waals surface area contributed by atoms with Crippen LogP contribution in [-0.4, -0.2) is 28.7 Å². The van der Waals surface area contributed by atoms with Crippen LogP contribution in [0.25, 0.3) is 0 Å². The summed E-state index contributed by atoms with van der Waals surface area (Å²) >= 11 is 7.16. The van der Waals surface area contributed by atoms with E-state index in [1.807, 2.05) is 16.8 Å². The van der Waals surface area contributed by atoms with Crippen LogP contribution in [0.5, 0.6) is 0 Å². The van der Waals surface area contributed by atoms with Gasteiger partial charge in [-0.05, 0) is 46.8 Å². The lowest BCUT2D eigenvalue weighted by molar-refractivity contribution is 0.398. The maximum Gasteiger partial charge on any atom is 0.246 e. The Morgan fingerprint density at radius 2 is 2.05 bits per heavy atom. The highest BCUT2D eigenvalue weighted by Gasteiger charge is 2.38. The topological polar surface area (TPSA) is 63.2 Å². The van der Waals surface area contributed by atoms with Crippen LogP contribution in [0.3, 0.4) is 0 Å². The van der Waals surface area contributed by atoms with E-state index in [-0.39, 0.29) is 16.2 Å². The van der Waals surface area contributed by atoms with E-state index < -0.39 is 10.0 Å². The predicted octanol–water partition coefficient (Wildman–Crippen LogP) is 2.54. The molecule has 0 saturated heterocycles. The minimum Gasteiger partial charge on any atom is -0.225 e. The fourth-order valence-corrected chi connectivity index (χ4v) is 4.23. The summed E-state index contributed by atoms with van der Waals surface area (Å²) in [7, 11) is -3.58. The van der Waals surface area contributed by atoms with Crippen LogP contribution >= 0.6 is 22.9 Å². The van der Waals surface area contributed by atoms with Gasteiger partial charge >= 0.3 is 0 Å². The van der Waals surface area contributed by atoms with Crippen LogP contribution in [0.1, 0.15) is 18.4 Å². The maximum absolute atomic E-state index is 12.7. The summed E-state index contributed by atoms with van der Waals surface area (Å²) in [5.74, 6) is 0. The van der Waals surface area contributed by atoms with E-state index in [0.29, 0.717) is 6.54 Å². The molecule has 0 aliphatic heterocycles. The normalized spacial score (nSPS) is 15.7. The number of halogens is 1. The second kappa shape index (κ2) is 5.40. The Morgan fingerprint density at radius 3 is 2.60 bits per heavy atom. The van der Waals surface area contributed by atoms with Gasteiger partial charge in [0.15, 0.2) is 0 Å². The molecule has 2 aromatic rings. The lowest BCUT2D eigenvalue weighted by Crippen LogP contribution is -2.32. The van der Waals surface area contributed by atoms with E-state index in [4.69, 9.17) is 11.6 Å². The second-order valence-corrected chi connectivity index (χ2v) is 7.61. The Kier molecular flexibility index (Phi) is 3.76. The number of nitrogens with zero attached hydrogens (tertiary/aromatic N) is 3. The standard InChI is InChI=1S/C12H12ClN3O2S2/c13-12-14-5-11(6-15-12)20(17,18)16(10-1-2-10)7-9-3-4-19-8-9/h3-6,8,10H,1-2,7H2. The molecule has 106 valence electrons. The average molecular weight is 330 g/mol. The van der Waals surface area contributed by atoms with E-state index in [1.165, 1.54) is 16.7 Å². The molecule has 0 aromatic carbocycles. The van der Waals surface area contributed by atoms with Crippen LogP contribution < -0.4 is 0 Å². The van der Waals surface area contributed by atoms with Crippen LogP contribution in [0.4, 0.5) is 0 Å². The first-order chi connectivity index (χ1) is 9.57. The number of sulfonamides is 1. The minimum absolute atomic E-state index is 0.0414. The Morgan fingerprint density at radius 1 is 1.35 bits per heavy atom. The maximum atomic E-state index is 12.7. The van der Waals surface area contributed by atoms with Crippen molar-refractivity contribution in [2.24, 2.45) is 0 Å². The zero-order chi connectivity index (χ0) is 14.2. The number of hydrogen-bond donors (Lipinski definition) is 0. The molecule has 0 N–H and O–H groups in total. The molecule has 0 unspecified atom stereocenters. The van der Waals surface area contributed by atoms with Crippen molar-refractivity contribution >= 4 is 33.0 Å². The summed E-state index contributed by atoms with van der Waals surface area (Å²) in [4.78, 5) is 7.60. The van der Waals surface area contributed by atoms with Gasteiger partial charge in [0.2, 0.25) is 15.3 Å². The van der Waals surface area contributed by atoms with Crippen molar-refractivity contribution in [2.75, 3.05) is 0 Å². The van der Waals surface area contributed by atoms with Gasteiger partial charge in [0.25, 0.3) is 0 Å². The highest BCUT2D eigenvalue weighted by molar-refractivity contribution is 7.89. The third kappa shape index (κ3) is 2.85. The van der Waals surface area contributed by atoms with Crippen molar-refractivity contribution in [3.63, 3.8) is 0 Å². The lowest BCUT2D eigenvalue weighted by atomic mass is 10.3. The van der Waals surface area contributed by atoms with E-state index in [0.717, 1.165) is 18.4 Å². The van der Waals surface area contributed by atoms with E-state index in [2.05, 4.69) is 9.97 Å². The molecule has 1 aliphatic rings. The number of hydrogen-bond acceptors (Lipinski definition) is 5. The molecule has 1 aliphatic carbocycles. The molecule has 1 fully saturated rings. The fraction of sp³-hybridized carbons (Fsp3) is 0.333. The average Bonchev–Trinajstić information content (AvgIpc) is 3.12. The molecule has 0 amide bonds. The third-order valence-corrected chi connectivity index (χ3v) is 5.85. The van der Waals surface area contributed by atoms with Crippen molar-refractivity contribution in [2.45, 2.75) is 30.3 Å². The zero-order valence-corrected chi connectivity index (χ0v) is 12.8. The fourth-order valence-electron chi connectivity index (χ4n) is 1.90. The Bertz CT molecular complexity index is 682. The van der Waals surface area contributed by atoms with Crippen molar-refractivity contribution in [3.8, 4) is 0 Å². The molecule has 0 atom stereocenters. The second-order valence-electron chi connectivity index (χ2n) is 4.60. The van der Waals surface area contributed by atoms with Crippen LogP contribution in [-0.2, 0) is 16.6 Å². The minimum atomic E-state index is -3.58. The summed E-state index contributed by atoms with van der Waals surface area (Å²) in [6.07, 6.45) is 4.32. The van der Waals surface area contributed by atoms with E-state index in [1.54, 1.807) is 11.3 Å². The molecule has 0 spiro atoms. The molecule has 2 aromatic heterocycles. The van der Waals surface area contributed by atoms with Gasteiger partial charge in [0.1, 0.15) is 4.90 Å². The number of rotatable bonds is 5. The first-order valence-corrected chi connectivity index (χ1v) is 8.84. The first kappa shape index (κ1) is 13.9. The molecule has 2 heterocycles. The molecular weight excluding hydrogens is 318 g/mol. The van der Waals surface area contributed by atoms with E-state index in [9.17, 15) is 8.42 Å². The van der Waals surface area contributed by atoms with Crippen molar-refractivity contribution in [1.82, 2.24) is 14.3 Å². The van der Waals surface area contributed by atoms with Gasteiger partial charge in [0.05, 0.1) is 12.4 Å². The smallest absolute Gasteiger partial charge is 0.225 e. The highest BCUT2D eigenvalue weighted by Crippen LogP contribution is 2.33. The van der Waals surface area contributed by atoms with E-state index >= 15 is 0 Å². The Labute approximate surface area is 126 Å². The lowest BCUT2D eigenvalue weighted by Gasteiger charge is -2.21. The SMILES string of the molecule is O=S(=O)(c1cnc(Cl)nc1)N(Cc1ccsc1)C1CC1. The van der Waals surface area contributed by atoms with Gasteiger partial charge in [-0.15, -0.1) is 0 Å². The molecule has 8 heteroatoms. The van der Waals surface area contributed by atoms with Crippen LogP contribution in [0.2, 0.25) is 5.28 Å². The molecule has 5 nitrogen and oxygen atoms in total. The monoisotopic (exact) mass is 329 g/mol. The summed E-state index contributed by atoms with van der Waals surface area (Å²) in [6.45, 7) is 0.388. The number of thiophene rings is 1.